The largest absolute Gasteiger partial charge is 0.227 e. The van der Waals surface area contributed by atoms with Crippen molar-refractivity contribution in [3.05, 3.63) is 16.7 Å². The fourth-order valence-electron chi connectivity index (χ4n) is 1.16. The molecule has 0 N–H and O–H groups in total. The van der Waals surface area contributed by atoms with Crippen molar-refractivity contribution in [3.8, 4) is 0 Å². The van der Waals surface area contributed by atoms with Crippen LogP contribution in [0.25, 0.3) is 15.9 Å². The van der Waals surface area contributed by atoms with Crippen molar-refractivity contribution in [1.82, 2.24) is 25.0 Å². The summed E-state index contributed by atoms with van der Waals surface area (Å²) in [6, 6.07) is 1.89. The highest BCUT2D eigenvalue weighted by Crippen LogP contribution is 2.24. The minimum atomic E-state index is 0.283. The number of thiophene rings is 1. The molecular weight excluding hydrogens is 210 g/mol. The Morgan fingerprint density at radius 2 is 2.38 bits per heavy atom. The van der Waals surface area contributed by atoms with Crippen LogP contribution < -0.4 is 0 Å². The molecule has 3 aromatic rings. The zero-order chi connectivity index (χ0) is 8.84. The summed E-state index contributed by atoms with van der Waals surface area (Å²) < 4.78 is 2.37. The first-order valence-corrected chi connectivity index (χ1v) is 4.73. The van der Waals surface area contributed by atoms with E-state index in [1.807, 2.05) is 11.4 Å². The van der Waals surface area contributed by atoms with Crippen LogP contribution in [0.5, 0.6) is 0 Å². The van der Waals surface area contributed by atoms with E-state index in [2.05, 4.69) is 20.5 Å². The van der Waals surface area contributed by atoms with Crippen molar-refractivity contribution >= 4 is 38.8 Å². The number of hydrogen-bond acceptors (Lipinski definition) is 5. The molecule has 5 nitrogen and oxygen atoms in total. The minimum Gasteiger partial charge on any atom is -0.217 e. The molecule has 0 saturated heterocycles. The van der Waals surface area contributed by atoms with Crippen LogP contribution in [-0.2, 0) is 0 Å². The Labute approximate surface area is 81.0 Å². The molecule has 0 bridgehead atoms. The Balaban J connectivity index is 2.70. The van der Waals surface area contributed by atoms with Gasteiger partial charge in [-0.15, -0.1) is 16.4 Å². The van der Waals surface area contributed by atoms with E-state index in [-0.39, 0.29) is 5.28 Å². The quantitative estimate of drug-likeness (QED) is 0.528. The lowest BCUT2D eigenvalue weighted by atomic mass is 10.5. The molecule has 0 aliphatic carbocycles. The average molecular weight is 212 g/mol. The third-order valence-corrected chi connectivity index (χ3v) is 2.85. The normalized spacial score (nSPS) is 11.5. The molecule has 0 spiro atoms. The van der Waals surface area contributed by atoms with Crippen LogP contribution >= 0.6 is 22.9 Å². The van der Waals surface area contributed by atoms with Crippen LogP contribution in [0.3, 0.4) is 0 Å². The first-order chi connectivity index (χ1) is 6.36. The van der Waals surface area contributed by atoms with Gasteiger partial charge >= 0.3 is 0 Å². The lowest BCUT2D eigenvalue weighted by Crippen LogP contribution is -1.92. The second-order valence-electron chi connectivity index (χ2n) is 2.43. The fourth-order valence-corrected chi connectivity index (χ4v) is 2.16. The molecule has 0 amide bonds. The van der Waals surface area contributed by atoms with Gasteiger partial charge in [-0.1, -0.05) is 0 Å². The lowest BCUT2D eigenvalue weighted by Gasteiger charge is -1.93. The molecule has 0 aromatic carbocycles. The van der Waals surface area contributed by atoms with Gasteiger partial charge < -0.3 is 0 Å². The summed E-state index contributed by atoms with van der Waals surface area (Å²) in [6.45, 7) is 0. The van der Waals surface area contributed by atoms with E-state index in [1.54, 1.807) is 11.3 Å². The number of fused-ring (bicyclic) bond motifs is 3. The van der Waals surface area contributed by atoms with Crippen molar-refractivity contribution in [2.24, 2.45) is 0 Å². The Kier molecular flexibility index (Phi) is 1.30. The zero-order valence-electron chi connectivity index (χ0n) is 6.18. The van der Waals surface area contributed by atoms with Crippen molar-refractivity contribution in [3.63, 3.8) is 0 Å². The SMILES string of the molecule is Clc1nc2ccsc2c2nnnn12. The van der Waals surface area contributed by atoms with Gasteiger partial charge in [-0.05, 0) is 33.5 Å². The molecule has 64 valence electrons. The van der Waals surface area contributed by atoms with Crippen molar-refractivity contribution in [1.29, 1.82) is 0 Å². The van der Waals surface area contributed by atoms with E-state index in [0.717, 1.165) is 10.2 Å². The average Bonchev–Trinajstić information content (AvgIpc) is 2.66. The predicted octanol–water partition coefficient (Wildman–Crippen LogP) is 1.39. The molecule has 3 heterocycles. The Bertz CT molecular complexity index is 585. The molecule has 0 aliphatic rings. The number of tetrazole rings is 1. The number of aromatic nitrogens is 5. The van der Waals surface area contributed by atoms with Gasteiger partial charge in [0, 0.05) is 0 Å². The van der Waals surface area contributed by atoms with Crippen LogP contribution in [0, 0.1) is 0 Å². The van der Waals surface area contributed by atoms with Crippen LogP contribution in [-0.4, -0.2) is 25.0 Å². The molecule has 0 radical (unpaired) electrons. The molecule has 7 heteroatoms. The smallest absolute Gasteiger partial charge is 0.217 e. The maximum atomic E-state index is 5.85. The zero-order valence-corrected chi connectivity index (χ0v) is 7.75. The standard InChI is InChI=1S/C6H2ClN5S/c7-6-8-3-1-2-13-4(3)5-9-10-11-12(5)6/h1-2H. The highest BCUT2D eigenvalue weighted by molar-refractivity contribution is 7.17. The first-order valence-electron chi connectivity index (χ1n) is 3.47. The van der Waals surface area contributed by atoms with Crippen molar-refractivity contribution < 1.29 is 0 Å². The summed E-state index contributed by atoms with van der Waals surface area (Å²) in [5.74, 6) is 0. The first kappa shape index (κ1) is 7.16. The van der Waals surface area contributed by atoms with Gasteiger partial charge in [0.15, 0.2) is 0 Å². The monoisotopic (exact) mass is 211 g/mol. The predicted molar refractivity (Wildman–Crippen MR) is 49.0 cm³/mol. The second-order valence-corrected chi connectivity index (χ2v) is 3.68. The Morgan fingerprint density at radius 1 is 1.46 bits per heavy atom. The van der Waals surface area contributed by atoms with E-state index < -0.39 is 0 Å². The maximum Gasteiger partial charge on any atom is 0.227 e. The maximum absolute atomic E-state index is 5.85. The van der Waals surface area contributed by atoms with Crippen LogP contribution in [0.1, 0.15) is 0 Å². The summed E-state index contributed by atoms with van der Waals surface area (Å²) in [4.78, 5) is 4.13. The lowest BCUT2D eigenvalue weighted by molar-refractivity contribution is 0.813. The summed E-state index contributed by atoms with van der Waals surface area (Å²) in [7, 11) is 0. The Morgan fingerprint density at radius 3 is 3.31 bits per heavy atom. The summed E-state index contributed by atoms with van der Waals surface area (Å²) >= 11 is 7.39. The molecule has 13 heavy (non-hydrogen) atoms. The molecule has 3 aromatic heterocycles. The molecule has 0 atom stereocenters. The van der Waals surface area contributed by atoms with Gasteiger partial charge in [0.25, 0.3) is 0 Å². The van der Waals surface area contributed by atoms with Crippen molar-refractivity contribution in [2.75, 3.05) is 0 Å². The molecule has 0 aliphatic heterocycles. The van der Waals surface area contributed by atoms with Crippen LogP contribution in [0.4, 0.5) is 0 Å². The number of nitrogens with zero attached hydrogens (tertiary/aromatic N) is 5. The van der Waals surface area contributed by atoms with Gasteiger partial charge in [-0.3, -0.25) is 0 Å². The molecule has 3 rings (SSSR count). The van der Waals surface area contributed by atoms with Gasteiger partial charge in [0.05, 0.1) is 10.2 Å². The molecule has 0 unspecified atom stereocenters. The van der Waals surface area contributed by atoms with E-state index in [4.69, 9.17) is 11.6 Å². The number of hydrogen-bond donors (Lipinski definition) is 0. The van der Waals surface area contributed by atoms with Crippen molar-refractivity contribution in [2.45, 2.75) is 0 Å². The fraction of sp³-hybridized carbons (Fsp3) is 0. The van der Waals surface area contributed by atoms with E-state index in [1.165, 1.54) is 4.52 Å². The Hall–Kier alpha value is -1.27. The summed E-state index contributed by atoms with van der Waals surface area (Å²) in [5, 5.41) is 13.3. The second kappa shape index (κ2) is 2.36. The topological polar surface area (TPSA) is 56.0 Å². The summed E-state index contributed by atoms with van der Waals surface area (Å²) in [6.07, 6.45) is 0. The number of rotatable bonds is 0. The number of halogens is 1. The third-order valence-electron chi connectivity index (χ3n) is 1.70. The summed E-state index contributed by atoms with van der Waals surface area (Å²) in [5.41, 5.74) is 1.49. The third kappa shape index (κ3) is 0.866. The van der Waals surface area contributed by atoms with E-state index in [0.29, 0.717) is 5.65 Å². The van der Waals surface area contributed by atoms with Crippen LogP contribution in [0.2, 0.25) is 5.28 Å². The van der Waals surface area contributed by atoms with E-state index >= 15 is 0 Å². The van der Waals surface area contributed by atoms with Gasteiger partial charge in [0.2, 0.25) is 10.9 Å². The van der Waals surface area contributed by atoms with Gasteiger partial charge in [0.1, 0.15) is 0 Å². The van der Waals surface area contributed by atoms with Crippen LogP contribution in [0.15, 0.2) is 11.4 Å². The van der Waals surface area contributed by atoms with Gasteiger partial charge in [-0.2, -0.15) is 4.52 Å². The molecule has 0 saturated carbocycles. The molecular formula is C6H2ClN5S. The minimum absolute atomic E-state index is 0.283. The van der Waals surface area contributed by atoms with Gasteiger partial charge in [-0.25, -0.2) is 4.98 Å². The highest BCUT2D eigenvalue weighted by Gasteiger charge is 2.09. The molecule has 0 fully saturated rings. The highest BCUT2D eigenvalue weighted by atomic mass is 35.5. The van der Waals surface area contributed by atoms with E-state index in [9.17, 15) is 0 Å².